The van der Waals surface area contributed by atoms with Crippen LogP contribution < -0.4 is 10.9 Å². The third-order valence-electron chi connectivity index (χ3n) is 4.16. The topological polar surface area (TPSA) is 64.0 Å². The number of unbranched alkanes of at least 4 members (excludes halogenated alkanes) is 2. The molecule has 1 aromatic carbocycles. The molecule has 3 aromatic rings. The van der Waals surface area contributed by atoms with Gasteiger partial charge in [-0.1, -0.05) is 38.0 Å². The molecule has 130 valence electrons. The molecule has 6 heteroatoms. The van der Waals surface area contributed by atoms with E-state index in [1.54, 1.807) is 10.9 Å². The molecule has 1 amide bonds. The Morgan fingerprint density at radius 3 is 2.72 bits per heavy atom. The molecule has 2 heterocycles. The number of thiophene rings is 1. The molecule has 0 unspecified atom stereocenters. The molecule has 0 radical (unpaired) electrons. The summed E-state index contributed by atoms with van der Waals surface area (Å²) in [4.78, 5) is 30.9. The summed E-state index contributed by atoms with van der Waals surface area (Å²) in [6.45, 7) is 4.61. The number of carbonyl (C=O) groups excluding carboxylic acids is 1. The quantitative estimate of drug-likeness (QED) is 0.674. The standard InChI is InChI=1S/C19H21N3O2S/c1-3-4-8-11-22-12-20-18-15(19(22)24)13(2)16(25-18)17(23)21-14-9-6-5-7-10-14/h5-7,9-10,12H,3-4,8,11H2,1-2H3,(H,21,23). The van der Waals surface area contributed by atoms with Crippen molar-refractivity contribution in [1.82, 2.24) is 9.55 Å². The van der Waals surface area contributed by atoms with E-state index in [0.717, 1.165) is 24.9 Å². The summed E-state index contributed by atoms with van der Waals surface area (Å²) in [5.41, 5.74) is 1.37. The molecule has 0 aliphatic carbocycles. The molecule has 0 spiro atoms. The average molecular weight is 355 g/mol. The van der Waals surface area contributed by atoms with Gasteiger partial charge in [-0.15, -0.1) is 11.3 Å². The summed E-state index contributed by atoms with van der Waals surface area (Å²) < 4.78 is 1.65. The van der Waals surface area contributed by atoms with Crippen molar-refractivity contribution >= 4 is 33.1 Å². The van der Waals surface area contributed by atoms with E-state index < -0.39 is 0 Å². The van der Waals surface area contributed by atoms with Gasteiger partial charge in [-0.2, -0.15) is 0 Å². The molecule has 5 nitrogen and oxygen atoms in total. The highest BCUT2D eigenvalue weighted by atomic mass is 32.1. The van der Waals surface area contributed by atoms with Gasteiger partial charge in [-0.3, -0.25) is 14.2 Å². The van der Waals surface area contributed by atoms with Crippen LogP contribution in [0.2, 0.25) is 0 Å². The molecule has 0 fully saturated rings. The largest absolute Gasteiger partial charge is 0.321 e. The third kappa shape index (κ3) is 3.64. The summed E-state index contributed by atoms with van der Waals surface area (Å²) in [6, 6.07) is 9.29. The van der Waals surface area contributed by atoms with Gasteiger partial charge < -0.3 is 5.32 Å². The highest BCUT2D eigenvalue weighted by molar-refractivity contribution is 7.20. The number of benzene rings is 1. The molecule has 0 aliphatic rings. The minimum Gasteiger partial charge on any atom is -0.321 e. The Balaban J connectivity index is 1.92. The van der Waals surface area contributed by atoms with Gasteiger partial charge in [-0.05, 0) is 31.0 Å². The number of amides is 1. The number of hydrogen-bond acceptors (Lipinski definition) is 4. The number of carbonyl (C=O) groups is 1. The van der Waals surface area contributed by atoms with E-state index >= 15 is 0 Å². The summed E-state index contributed by atoms with van der Waals surface area (Å²) in [6.07, 6.45) is 4.73. The number of aromatic nitrogens is 2. The van der Waals surface area contributed by atoms with Gasteiger partial charge in [0.05, 0.1) is 16.6 Å². The van der Waals surface area contributed by atoms with Crippen LogP contribution in [0.4, 0.5) is 5.69 Å². The maximum atomic E-state index is 12.7. The lowest BCUT2D eigenvalue weighted by atomic mass is 10.2. The van der Waals surface area contributed by atoms with Crippen molar-refractivity contribution < 1.29 is 4.79 Å². The Morgan fingerprint density at radius 1 is 1.24 bits per heavy atom. The van der Waals surface area contributed by atoms with Gasteiger partial charge in [0.2, 0.25) is 0 Å². The van der Waals surface area contributed by atoms with E-state index in [9.17, 15) is 9.59 Å². The number of nitrogens with zero attached hydrogens (tertiary/aromatic N) is 2. The fourth-order valence-corrected chi connectivity index (χ4v) is 3.81. The van der Waals surface area contributed by atoms with Crippen molar-refractivity contribution in [2.75, 3.05) is 5.32 Å². The second-order valence-electron chi connectivity index (χ2n) is 6.01. The highest BCUT2D eigenvalue weighted by Gasteiger charge is 2.19. The zero-order valence-corrected chi connectivity index (χ0v) is 15.2. The molecule has 25 heavy (non-hydrogen) atoms. The predicted molar refractivity (Wildman–Crippen MR) is 103 cm³/mol. The molecule has 0 atom stereocenters. The molecule has 0 bridgehead atoms. The number of rotatable bonds is 6. The van der Waals surface area contributed by atoms with Gasteiger partial charge in [0.15, 0.2) is 0 Å². The first-order valence-electron chi connectivity index (χ1n) is 8.46. The average Bonchev–Trinajstić information content (AvgIpc) is 2.95. The Kier molecular flexibility index (Phi) is 5.28. The van der Waals surface area contributed by atoms with E-state index in [-0.39, 0.29) is 11.5 Å². The number of para-hydroxylation sites is 1. The van der Waals surface area contributed by atoms with Crippen molar-refractivity contribution in [3.05, 3.63) is 57.5 Å². The number of nitrogens with one attached hydrogen (secondary N) is 1. The molecule has 0 aliphatic heterocycles. The van der Waals surface area contributed by atoms with Gasteiger partial charge in [-0.25, -0.2) is 4.98 Å². The van der Waals surface area contributed by atoms with Gasteiger partial charge in [0.1, 0.15) is 4.83 Å². The first-order valence-corrected chi connectivity index (χ1v) is 9.28. The van der Waals surface area contributed by atoms with Gasteiger partial charge in [0, 0.05) is 12.2 Å². The van der Waals surface area contributed by atoms with Crippen molar-refractivity contribution in [1.29, 1.82) is 0 Å². The second-order valence-corrected chi connectivity index (χ2v) is 7.01. The number of aryl methyl sites for hydroxylation is 2. The third-order valence-corrected chi connectivity index (χ3v) is 5.36. The van der Waals surface area contributed by atoms with E-state index in [1.807, 2.05) is 37.3 Å². The van der Waals surface area contributed by atoms with Crippen molar-refractivity contribution in [2.24, 2.45) is 0 Å². The van der Waals surface area contributed by atoms with Gasteiger partial charge in [0.25, 0.3) is 11.5 Å². The van der Waals surface area contributed by atoms with E-state index in [1.165, 1.54) is 11.3 Å². The number of fused-ring (bicyclic) bond motifs is 1. The van der Waals surface area contributed by atoms with E-state index in [2.05, 4.69) is 17.2 Å². The van der Waals surface area contributed by atoms with Crippen LogP contribution >= 0.6 is 11.3 Å². The SMILES string of the molecule is CCCCCn1cnc2sc(C(=O)Nc3ccccc3)c(C)c2c1=O. The zero-order valence-electron chi connectivity index (χ0n) is 14.4. The summed E-state index contributed by atoms with van der Waals surface area (Å²) in [5.74, 6) is -0.205. The molecular formula is C19H21N3O2S. The Bertz CT molecular complexity index is 944. The maximum Gasteiger partial charge on any atom is 0.266 e. The first-order chi connectivity index (χ1) is 12.1. The second kappa shape index (κ2) is 7.61. The van der Waals surface area contributed by atoms with Crippen LogP contribution in [0.1, 0.15) is 41.4 Å². The van der Waals surface area contributed by atoms with Crippen molar-refractivity contribution in [3.63, 3.8) is 0 Å². The Hall–Kier alpha value is -2.47. The molecule has 3 rings (SSSR count). The van der Waals surface area contributed by atoms with Crippen LogP contribution in [0.3, 0.4) is 0 Å². The molecular weight excluding hydrogens is 334 g/mol. The number of anilines is 1. The van der Waals surface area contributed by atoms with E-state index in [0.29, 0.717) is 27.2 Å². The lowest BCUT2D eigenvalue weighted by Crippen LogP contribution is -2.20. The fraction of sp³-hybridized carbons (Fsp3) is 0.316. The Labute approximate surface area is 150 Å². The maximum absolute atomic E-state index is 12.7. The monoisotopic (exact) mass is 355 g/mol. The molecule has 2 aromatic heterocycles. The van der Waals surface area contributed by atoms with Crippen LogP contribution in [0, 0.1) is 6.92 Å². The predicted octanol–water partition coefficient (Wildman–Crippen LogP) is 4.21. The smallest absolute Gasteiger partial charge is 0.266 e. The minimum absolute atomic E-state index is 0.0615. The lowest BCUT2D eigenvalue weighted by molar-refractivity contribution is 0.103. The van der Waals surface area contributed by atoms with Crippen molar-refractivity contribution in [2.45, 2.75) is 39.7 Å². The summed E-state index contributed by atoms with van der Waals surface area (Å²) >= 11 is 1.27. The number of hydrogen-bond donors (Lipinski definition) is 1. The molecule has 0 saturated carbocycles. The normalized spacial score (nSPS) is 11.0. The molecule has 1 N–H and O–H groups in total. The Morgan fingerprint density at radius 2 is 2.00 bits per heavy atom. The van der Waals surface area contributed by atoms with Crippen LogP contribution in [-0.4, -0.2) is 15.5 Å². The summed E-state index contributed by atoms with van der Waals surface area (Å²) in [5, 5.41) is 3.43. The fourth-order valence-electron chi connectivity index (χ4n) is 2.78. The van der Waals surface area contributed by atoms with Crippen LogP contribution in [0.5, 0.6) is 0 Å². The van der Waals surface area contributed by atoms with Crippen LogP contribution in [0.25, 0.3) is 10.2 Å². The van der Waals surface area contributed by atoms with Crippen LogP contribution in [0.15, 0.2) is 41.5 Å². The summed E-state index contributed by atoms with van der Waals surface area (Å²) in [7, 11) is 0. The minimum atomic E-state index is -0.205. The van der Waals surface area contributed by atoms with Gasteiger partial charge >= 0.3 is 0 Å². The first kappa shape index (κ1) is 17.4. The van der Waals surface area contributed by atoms with Crippen LogP contribution in [-0.2, 0) is 6.54 Å². The zero-order chi connectivity index (χ0) is 17.8. The molecule has 0 saturated heterocycles. The van der Waals surface area contributed by atoms with E-state index in [4.69, 9.17) is 0 Å². The lowest BCUT2D eigenvalue weighted by Gasteiger charge is -2.05. The van der Waals surface area contributed by atoms with Crippen molar-refractivity contribution in [3.8, 4) is 0 Å². The highest BCUT2D eigenvalue weighted by Crippen LogP contribution is 2.27.